The van der Waals surface area contributed by atoms with Crippen LogP contribution in [0.15, 0.2) is 36.4 Å². The van der Waals surface area contributed by atoms with Gasteiger partial charge in [0.15, 0.2) is 0 Å². The molecule has 0 aliphatic rings. The topological polar surface area (TPSA) is 33.1 Å². The molecular weight excluding hydrogens is 210 g/mol. The normalized spacial score (nSPS) is 11.2. The number of hydrogen-bond acceptors (Lipinski definition) is 2. The maximum atomic E-state index is 10.0. The Hall–Kier alpha value is -2.09. The first-order valence-corrected chi connectivity index (χ1v) is 5.65. The van der Waals surface area contributed by atoms with E-state index in [1.165, 1.54) is 5.56 Å². The Morgan fingerprint density at radius 3 is 2.59 bits per heavy atom. The van der Waals surface area contributed by atoms with E-state index in [0.717, 1.165) is 27.4 Å². The van der Waals surface area contributed by atoms with Crippen LogP contribution >= 0.6 is 0 Å². The van der Waals surface area contributed by atoms with Gasteiger partial charge in [0.05, 0.1) is 11.0 Å². The monoisotopic (exact) mass is 223 g/mol. The molecule has 0 radical (unpaired) electrons. The molecule has 0 aliphatic carbocycles. The molecule has 0 atom stereocenters. The van der Waals surface area contributed by atoms with Crippen LogP contribution in [0.4, 0.5) is 0 Å². The Morgan fingerprint density at radius 1 is 0.941 bits per heavy atom. The van der Waals surface area contributed by atoms with Gasteiger partial charge in [-0.1, -0.05) is 18.2 Å². The molecule has 2 nitrogen and oxygen atoms in total. The average Bonchev–Trinajstić information content (AvgIpc) is 2.32. The lowest BCUT2D eigenvalue weighted by Gasteiger charge is -2.06. The molecule has 0 saturated heterocycles. The van der Waals surface area contributed by atoms with Crippen molar-refractivity contribution in [2.75, 3.05) is 0 Å². The highest BCUT2D eigenvalue weighted by Gasteiger charge is 2.06. The second kappa shape index (κ2) is 3.45. The van der Waals surface area contributed by atoms with E-state index in [-0.39, 0.29) is 0 Å². The lowest BCUT2D eigenvalue weighted by molar-refractivity contribution is 0.477. The zero-order chi connectivity index (χ0) is 12.0. The Kier molecular flexibility index (Phi) is 2.05. The highest BCUT2D eigenvalue weighted by atomic mass is 16.3. The summed E-state index contributed by atoms with van der Waals surface area (Å²) in [4.78, 5) is 4.58. The van der Waals surface area contributed by atoms with Crippen molar-refractivity contribution >= 4 is 21.8 Å². The van der Waals surface area contributed by atoms with E-state index in [4.69, 9.17) is 0 Å². The minimum absolute atomic E-state index is 0.331. The third-order valence-corrected chi connectivity index (χ3v) is 3.12. The molecule has 2 heteroatoms. The molecule has 0 aliphatic heterocycles. The van der Waals surface area contributed by atoms with Crippen LogP contribution in [0, 0.1) is 13.8 Å². The third kappa shape index (κ3) is 1.53. The molecule has 1 aromatic heterocycles. The van der Waals surface area contributed by atoms with Crippen molar-refractivity contribution in [1.82, 2.24) is 4.98 Å². The van der Waals surface area contributed by atoms with Gasteiger partial charge in [0.2, 0.25) is 0 Å². The summed E-state index contributed by atoms with van der Waals surface area (Å²) >= 11 is 0. The predicted octanol–water partition coefficient (Wildman–Crippen LogP) is 3.71. The van der Waals surface area contributed by atoms with Crippen LogP contribution in [0.2, 0.25) is 0 Å². The van der Waals surface area contributed by atoms with Crippen LogP contribution in [0.5, 0.6) is 5.75 Å². The molecule has 2 aromatic carbocycles. The lowest BCUT2D eigenvalue weighted by Crippen LogP contribution is -1.85. The number of hydrogen-bond donors (Lipinski definition) is 1. The van der Waals surface area contributed by atoms with Crippen molar-refractivity contribution in [2.45, 2.75) is 13.8 Å². The second-order valence-corrected chi connectivity index (χ2v) is 4.48. The molecule has 17 heavy (non-hydrogen) atoms. The first-order valence-electron chi connectivity index (χ1n) is 5.65. The highest BCUT2D eigenvalue weighted by Crippen LogP contribution is 2.29. The molecule has 0 unspecified atom stereocenters. The number of phenols is 1. The molecule has 0 bridgehead atoms. The van der Waals surface area contributed by atoms with E-state index in [9.17, 15) is 5.11 Å². The van der Waals surface area contributed by atoms with Crippen molar-refractivity contribution in [3.8, 4) is 5.75 Å². The minimum Gasteiger partial charge on any atom is -0.507 e. The molecule has 0 saturated carbocycles. The molecule has 3 rings (SSSR count). The average molecular weight is 223 g/mol. The van der Waals surface area contributed by atoms with Gasteiger partial charge in [-0.2, -0.15) is 0 Å². The number of phenolic OH excluding ortho intramolecular Hbond substituents is 1. The van der Waals surface area contributed by atoms with Gasteiger partial charge in [-0.15, -0.1) is 0 Å². The Bertz CT molecular complexity index is 732. The van der Waals surface area contributed by atoms with Gasteiger partial charge in [0.1, 0.15) is 5.75 Å². The first kappa shape index (κ1) is 10.1. The number of aromatic nitrogens is 1. The fourth-order valence-corrected chi connectivity index (χ4v) is 2.10. The summed E-state index contributed by atoms with van der Waals surface area (Å²) in [5.41, 5.74) is 3.89. The summed E-state index contributed by atoms with van der Waals surface area (Å²) < 4.78 is 0. The van der Waals surface area contributed by atoms with Crippen molar-refractivity contribution < 1.29 is 5.11 Å². The number of aryl methyl sites for hydroxylation is 2. The van der Waals surface area contributed by atoms with Gasteiger partial charge >= 0.3 is 0 Å². The maximum Gasteiger partial charge on any atom is 0.127 e. The quantitative estimate of drug-likeness (QED) is 0.589. The Morgan fingerprint density at radius 2 is 1.76 bits per heavy atom. The van der Waals surface area contributed by atoms with Crippen LogP contribution < -0.4 is 0 Å². The summed E-state index contributed by atoms with van der Waals surface area (Å²) in [6.07, 6.45) is 0. The predicted molar refractivity (Wildman–Crippen MR) is 70.4 cm³/mol. The van der Waals surface area contributed by atoms with Gasteiger partial charge in [0.25, 0.3) is 0 Å². The highest BCUT2D eigenvalue weighted by molar-refractivity contribution is 5.96. The molecule has 3 aromatic rings. The van der Waals surface area contributed by atoms with Crippen molar-refractivity contribution in [2.24, 2.45) is 0 Å². The van der Waals surface area contributed by atoms with E-state index in [1.54, 1.807) is 0 Å². The van der Waals surface area contributed by atoms with Gasteiger partial charge in [0, 0.05) is 10.8 Å². The van der Waals surface area contributed by atoms with Gasteiger partial charge in [-0.05, 0) is 43.2 Å². The van der Waals surface area contributed by atoms with Crippen molar-refractivity contribution in [3.05, 3.63) is 47.5 Å². The fraction of sp³-hybridized carbons (Fsp3) is 0.133. The smallest absolute Gasteiger partial charge is 0.127 e. The number of nitrogens with zero attached hydrogens (tertiary/aromatic N) is 1. The second-order valence-electron chi connectivity index (χ2n) is 4.48. The number of aromatic hydroxyl groups is 1. The molecule has 1 heterocycles. The summed E-state index contributed by atoms with van der Waals surface area (Å²) in [7, 11) is 0. The Balaban J connectivity index is 2.48. The summed E-state index contributed by atoms with van der Waals surface area (Å²) in [6.45, 7) is 3.95. The fourth-order valence-electron chi connectivity index (χ4n) is 2.10. The summed E-state index contributed by atoms with van der Waals surface area (Å²) in [6, 6.07) is 12.0. The molecule has 0 amide bonds. The molecule has 1 N–H and O–H groups in total. The molecule has 84 valence electrons. The van der Waals surface area contributed by atoms with Gasteiger partial charge in [-0.3, -0.25) is 0 Å². The summed E-state index contributed by atoms with van der Waals surface area (Å²) in [5.74, 6) is 0.331. The molecule has 0 spiro atoms. The number of rotatable bonds is 0. The van der Waals surface area contributed by atoms with E-state index < -0.39 is 0 Å². The Labute approximate surface area is 99.5 Å². The van der Waals surface area contributed by atoms with Crippen LogP contribution in [-0.2, 0) is 0 Å². The number of pyridine rings is 1. The standard InChI is InChI=1S/C15H13NO/c1-9-3-5-11-8-12-13(16-14(11)7-9)6-4-10(2)15(12)17/h3-8,17H,1-2H3. The maximum absolute atomic E-state index is 10.0. The van der Waals surface area contributed by atoms with E-state index in [0.29, 0.717) is 5.75 Å². The molecule has 0 fully saturated rings. The zero-order valence-electron chi connectivity index (χ0n) is 9.86. The van der Waals surface area contributed by atoms with Crippen LogP contribution in [0.25, 0.3) is 21.8 Å². The summed E-state index contributed by atoms with van der Waals surface area (Å²) in [5, 5.41) is 11.9. The van der Waals surface area contributed by atoms with E-state index >= 15 is 0 Å². The molecular formula is C15H13NO. The number of fused-ring (bicyclic) bond motifs is 2. The zero-order valence-corrected chi connectivity index (χ0v) is 9.86. The lowest BCUT2D eigenvalue weighted by atomic mass is 10.1. The van der Waals surface area contributed by atoms with Crippen molar-refractivity contribution in [1.29, 1.82) is 0 Å². The van der Waals surface area contributed by atoms with E-state index in [2.05, 4.69) is 24.0 Å². The van der Waals surface area contributed by atoms with Gasteiger partial charge in [-0.25, -0.2) is 4.98 Å². The van der Waals surface area contributed by atoms with Crippen LogP contribution in [0.3, 0.4) is 0 Å². The largest absolute Gasteiger partial charge is 0.507 e. The minimum atomic E-state index is 0.331. The SMILES string of the molecule is Cc1ccc2cc3c(O)c(C)ccc3nc2c1. The van der Waals surface area contributed by atoms with Crippen molar-refractivity contribution in [3.63, 3.8) is 0 Å². The third-order valence-electron chi connectivity index (χ3n) is 3.12. The van der Waals surface area contributed by atoms with Crippen LogP contribution in [0.1, 0.15) is 11.1 Å². The van der Waals surface area contributed by atoms with E-state index in [1.807, 2.05) is 31.2 Å². The van der Waals surface area contributed by atoms with Crippen LogP contribution in [-0.4, -0.2) is 10.1 Å². The number of benzene rings is 2. The van der Waals surface area contributed by atoms with Gasteiger partial charge < -0.3 is 5.11 Å². The first-order chi connectivity index (χ1) is 8.15.